The van der Waals surface area contributed by atoms with Gasteiger partial charge in [-0.05, 0) is 17.7 Å². The molecule has 66 valence electrons. The van der Waals surface area contributed by atoms with E-state index in [1.165, 1.54) is 12.1 Å². The Labute approximate surface area is 73.8 Å². The molecule has 0 radical (unpaired) electrons. The van der Waals surface area contributed by atoms with Crippen molar-refractivity contribution in [3.05, 3.63) is 29.3 Å². The minimum atomic E-state index is -0.692. The van der Waals surface area contributed by atoms with Gasteiger partial charge in [0.05, 0.1) is 12.0 Å². The zero-order valence-corrected chi connectivity index (χ0v) is 6.61. The largest absolute Gasteiger partial charge is 0.508 e. The number of phenolic OH excluding ortho intramolecular Hbond substituents is 1. The van der Waals surface area contributed by atoms with E-state index in [0.717, 1.165) is 0 Å². The van der Waals surface area contributed by atoms with E-state index in [4.69, 9.17) is 5.11 Å². The molecule has 2 rings (SSSR count). The molecule has 0 unspecified atom stereocenters. The van der Waals surface area contributed by atoms with Crippen molar-refractivity contribution in [3.8, 4) is 5.75 Å². The van der Waals surface area contributed by atoms with Crippen molar-refractivity contribution in [3.63, 3.8) is 0 Å². The van der Waals surface area contributed by atoms with Crippen LogP contribution < -0.4 is 0 Å². The molecule has 0 fully saturated rings. The molecule has 1 heterocycles. The van der Waals surface area contributed by atoms with Crippen molar-refractivity contribution in [2.24, 2.45) is 0 Å². The summed E-state index contributed by atoms with van der Waals surface area (Å²) < 4.78 is 4.38. The topological polar surface area (TPSA) is 63.6 Å². The maximum Gasteiger partial charge on any atom is 0.346 e. The Balaban J connectivity index is 2.55. The highest BCUT2D eigenvalue weighted by Crippen LogP contribution is 2.21. The summed E-state index contributed by atoms with van der Waals surface area (Å²) in [6.07, 6.45) is 0.0847. The average Bonchev–Trinajstić information content (AvgIpc) is 2.06. The highest BCUT2D eigenvalue weighted by molar-refractivity contribution is 6.02. The fourth-order valence-electron chi connectivity index (χ4n) is 1.26. The van der Waals surface area contributed by atoms with Gasteiger partial charge in [0.2, 0.25) is 0 Å². The quantitative estimate of drug-likeness (QED) is 0.467. The number of carbonyl (C=O) groups excluding carboxylic acids is 2. The van der Waals surface area contributed by atoms with Crippen LogP contribution in [0.3, 0.4) is 0 Å². The van der Waals surface area contributed by atoms with Gasteiger partial charge in [0, 0.05) is 0 Å². The molecule has 1 N–H and O–H groups in total. The highest BCUT2D eigenvalue weighted by atomic mass is 16.6. The second-order valence-corrected chi connectivity index (χ2v) is 2.78. The molecular weight excluding hydrogens is 172 g/mol. The SMILES string of the molecule is O=C1Cc2ccc(O)cc2C(=O)O1. The summed E-state index contributed by atoms with van der Waals surface area (Å²) in [6, 6.07) is 4.28. The van der Waals surface area contributed by atoms with Crippen molar-refractivity contribution in [1.82, 2.24) is 0 Å². The van der Waals surface area contributed by atoms with Crippen LogP contribution in [-0.4, -0.2) is 17.0 Å². The number of fused-ring (bicyclic) bond motifs is 1. The zero-order chi connectivity index (χ0) is 9.42. The molecule has 13 heavy (non-hydrogen) atoms. The third kappa shape index (κ3) is 1.26. The van der Waals surface area contributed by atoms with E-state index >= 15 is 0 Å². The lowest BCUT2D eigenvalue weighted by Gasteiger charge is -2.13. The van der Waals surface area contributed by atoms with E-state index in [1.807, 2.05) is 0 Å². The summed E-state index contributed by atoms with van der Waals surface area (Å²) in [5.41, 5.74) is 0.860. The molecule has 1 aliphatic heterocycles. The average molecular weight is 178 g/mol. The van der Waals surface area contributed by atoms with Gasteiger partial charge >= 0.3 is 11.9 Å². The Kier molecular flexibility index (Phi) is 1.55. The lowest BCUT2D eigenvalue weighted by molar-refractivity contribution is -0.137. The molecule has 0 amide bonds. The standard InChI is InChI=1S/C9H6O4/c10-6-2-1-5-3-8(11)13-9(12)7(5)4-6/h1-2,4,10H,3H2. The molecular formula is C9H6O4. The Bertz CT molecular complexity index is 395. The Morgan fingerprint density at radius 3 is 2.85 bits per heavy atom. The smallest absolute Gasteiger partial charge is 0.346 e. The van der Waals surface area contributed by atoms with E-state index in [9.17, 15) is 9.59 Å². The van der Waals surface area contributed by atoms with Crippen molar-refractivity contribution in [1.29, 1.82) is 0 Å². The first kappa shape index (κ1) is 7.79. The van der Waals surface area contributed by atoms with Gasteiger partial charge in [-0.25, -0.2) is 4.79 Å². The third-order valence-electron chi connectivity index (χ3n) is 1.85. The minimum Gasteiger partial charge on any atom is -0.508 e. The Morgan fingerprint density at radius 2 is 2.08 bits per heavy atom. The molecule has 0 saturated carbocycles. The van der Waals surface area contributed by atoms with E-state index in [0.29, 0.717) is 5.56 Å². The molecule has 4 heteroatoms. The molecule has 0 saturated heterocycles. The summed E-state index contributed by atoms with van der Waals surface area (Å²) >= 11 is 0. The van der Waals surface area contributed by atoms with Gasteiger partial charge in [-0.2, -0.15) is 0 Å². The number of ether oxygens (including phenoxy) is 1. The van der Waals surface area contributed by atoms with E-state index < -0.39 is 11.9 Å². The normalized spacial score (nSPS) is 15.1. The summed E-state index contributed by atoms with van der Waals surface area (Å²) in [5, 5.41) is 9.08. The molecule has 0 aromatic heterocycles. The second kappa shape index (κ2) is 2.58. The van der Waals surface area contributed by atoms with Gasteiger partial charge in [-0.3, -0.25) is 4.79 Å². The molecule has 0 spiro atoms. The molecule has 0 aliphatic carbocycles. The number of esters is 2. The number of rotatable bonds is 0. The number of hydrogen-bond acceptors (Lipinski definition) is 4. The van der Waals surface area contributed by atoms with Crippen LogP contribution in [0.4, 0.5) is 0 Å². The lowest BCUT2D eigenvalue weighted by atomic mass is 10.0. The first-order chi connectivity index (χ1) is 6.16. The fraction of sp³-hybridized carbons (Fsp3) is 0.111. The molecule has 4 nitrogen and oxygen atoms in total. The van der Waals surface area contributed by atoms with Crippen molar-refractivity contribution < 1.29 is 19.4 Å². The maximum absolute atomic E-state index is 11.1. The van der Waals surface area contributed by atoms with Crippen LogP contribution in [0.5, 0.6) is 5.75 Å². The number of cyclic esters (lactones) is 2. The van der Waals surface area contributed by atoms with Gasteiger partial charge in [0.25, 0.3) is 0 Å². The van der Waals surface area contributed by atoms with Crippen LogP contribution in [0.2, 0.25) is 0 Å². The minimum absolute atomic E-state index is 0.00921. The zero-order valence-electron chi connectivity index (χ0n) is 6.61. The van der Waals surface area contributed by atoms with E-state index in [1.54, 1.807) is 6.07 Å². The van der Waals surface area contributed by atoms with Gasteiger partial charge in [0.1, 0.15) is 5.75 Å². The van der Waals surface area contributed by atoms with Crippen LogP contribution >= 0.6 is 0 Å². The third-order valence-corrected chi connectivity index (χ3v) is 1.85. The maximum atomic E-state index is 11.1. The molecule has 0 bridgehead atoms. The number of phenols is 1. The highest BCUT2D eigenvalue weighted by Gasteiger charge is 2.24. The van der Waals surface area contributed by atoms with Crippen LogP contribution in [0.15, 0.2) is 18.2 Å². The number of hydrogen-bond donors (Lipinski definition) is 1. The van der Waals surface area contributed by atoms with Crippen molar-refractivity contribution in [2.45, 2.75) is 6.42 Å². The van der Waals surface area contributed by atoms with Crippen molar-refractivity contribution in [2.75, 3.05) is 0 Å². The predicted molar refractivity (Wildman–Crippen MR) is 42.2 cm³/mol. The van der Waals surface area contributed by atoms with Crippen LogP contribution in [-0.2, 0) is 16.0 Å². The van der Waals surface area contributed by atoms with Gasteiger partial charge < -0.3 is 9.84 Å². The van der Waals surface area contributed by atoms with E-state index in [-0.39, 0.29) is 17.7 Å². The summed E-state index contributed by atoms with van der Waals surface area (Å²) in [7, 11) is 0. The monoisotopic (exact) mass is 178 g/mol. The lowest BCUT2D eigenvalue weighted by Crippen LogP contribution is -2.22. The summed E-state index contributed by atoms with van der Waals surface area (Å²) in [4.78, 5) is 21.9. The first-order valence-corrected chi connectivity index (χ1v) is 3.74. The van der Waals surface area contributed by atoms with Gasteiger partial charge in [0.15, 0.2) is 0 Å². The Hall–Kier alpha value is -1.84. The number of benzene rings is 1. The number of carbonyl (C=O) groups is 2. The van der Waals surface area contributed by atoms with Crippen molar-refractivity contribution >= 4 is 11.9 Å². The van der Waals surface area contributed by atoms with Crippen LogP contribution in [0.25, 0.3) is 0 Å². The van der Waals surface area contributed by atoms with Crippen LogP contribution in [0, 0.1) is 0 Å². The van der Waals surface area contributed by atoms with Gasteiger partial charge in [-0.1, -0.05) is 6.07 Å². The molecule has 1 aromatic carbocycles. The summed E-state index contributed by atoms with van der Waals surface area (Å²) in [6.45, 7) is 0. The Morgan fingerprint density at radius 1 is 1.31 bits per heavy atom. The molecule has 1 aliphatic rings. The fourth-order valence-corrected chi connectivity index (χ4v) is 1.26. The predicted octanol–water partition coefficient (Wildman–Crippen LogP) is 0.632. The van der Waals surface area contributed by atoms with Crippen LogP contribution in [0.1, 0.15) is 15.9 Å². The number of aromatic hydroxyl groups is 1. The summed E-state index contributed by atoms with van der Waals surface area (Å²) in [5.74, 6) is -1.25. The van der Waals surface area contributed by atoms with Gasteiger partial charge in [-0.15, -0.1) is 0 Å². The first-order valence-electron chi connectivity index (χ1n) is 3.74. The van der Waals surface area contributed by atoms with E-state index in [2.05, 4.69) is 4.74 Å². The molecule has 0 atom stereocenters. The molecule has 1 aromatic rings. The second-order valence-electron chi connectivity index (χ2n) is 2.78.